The Morgan fingerprint density at radius 1 is 1.24 bits per heavy atom. The zero-order chi connectivity index (χ0) is 18.2. The molecule has 0 saturated carbocycles. The van der Waals surface area contributed by atoms with Gasteiger partial charge in [0.05, 0.1) is 25.7 Å². The normalized spacial score (nSPS) is 28.5. The summed E-state index contributed by atoms with van der Waals surface area (Å²) in [4.78, 5) is 26.9. The molecule has 0 amide bonds. The summed E-state index contributed by atoms with van der Waals surface area (Å²) in [6, 6.07) is 9.82. The van der Waals surface area contributed by atoms with E-state index in [4.69, 9.17) is 9.47 Å². The number of allylic oxidation sites excluding steroid dienone is 1. The maximum absolute atomic E-state index is 12.4. The summed E-state index contributed by atoms with van der Waals surface area (Å²) in [6.07, 6.45) is 0.519. The van der Waals surface area contributed by atoms with E-state index in [1.165, 1.54) is 14.2 Å². The van der Waals surface area contributed by atoms with Crippen molar-refractivity contribution in [2.75, 3.05) is 14.2 Å². The number of methoxy groups -OCH3 is 2. The van der Waals surface area contributed by atoms with E-state index in [9.17, 15) is 9.59 Å². The van der Waals surface area contributed by atoms with Gasteiger partial charge in [-0.1, -0.05) is 30.3 Å². The van der Waals surface area contributed by atoms with Crippen LogP contribution in [0.1, 0.15) is 25.8 Å². The van der Waals surface area contributed by atoms with Gasteiger partial charge in [-0.15, -0.1) is 0 Å². The fourth-order valence-corrected chi connectivity index (χ4v) is 4.15. The second kappa shape index (κ2) is 6.52. The predicted octanol–water partition coefficient (Wildman–Crippen LogP) is 1.82. The van der Waals surface area contributed by atoms with Crippen molar-refractivity contribution < 1.29 is 19.1 Å². The minimum atomic E-state index is -0.616. The summed E-state index contributed by atoms with van der Waals surface area (Å²) in [5, 5.41) is 3.39. The number of hydrogen-bond donors (Lipinski definition) is 1. The maximum Gasteiger partial charge on any atom is 0.337 e. The Kier molecular flexibility index (Phi) is 4.56. The third kappa shape index (κ3) is 2.80. The van der Waals surface area contributed by atoms with E-state index in [1.54, 1.807) is 0 Å². The summed E-state index contributed by atoms with van der Waals surface area (Å²) < 4.78 is 10.0. The molecule has 6 nitrogen and oxygen atoms in total. The van der Waals surface area contributed by atoms with Crippen LogP contribution in [0.4, 0.5) is 0 Å². The van der Waals surface area contributed by atoms with Gasteiger partial charge in [0.25, 0.3) is 0 Å². The Hall–Kier alpha value is -2.34. The number of hydrogen-bond acceptors (Lipinski definition) is 6. The smallest absolute Gasteiger partial charge is 0.337 e. The molecule has 2 aliphatic rings. The van der Waals surface area contributed by atoms with Crippen LogP contribution in [0, 0.1) is 5.92 Å². The summed E-state index contributed by atoms with van der Waals surface area (Å²) in [5.74, 6) is -1.00. The summed E-state index contributed by atoms with van der Waals surface area (Å²) in [5.41, 5.74) is 1.85. The topological polar surface area (TPSA) is 67.9 Å². The number of ether oxygens (including phenoxy) is 2. The van der Waals surface area contributed by atoms with Gasteiger partial charge in [0.1, 0.15) is 5.66 Å². The summed E-state index contributed by atoms with van der Waals surface area (Å²) in [6.45, 7) is 4.47. The van der Waals surface area contributed by atoms with Crippen LogP contribution in [-0.2, 0) is 25.6 Å². The van der Waals surface area contributed by atoms with Gasteiger partial charge < -0.3 is 14.8 Å². The molecule has 0 aromatic heterocycles. The average Bonchev–Trinajstić information content (AvgIpc) is 2.80. The highest BCUT2D eigenvalue weighted by Crippen LogP contribution is 2.46. The number of benzene rings is 1. The Morgan fingerprint density at radius 3 is 2.52 bits per heavy atom. The third-order valence-corrected chi connectivity index (χ3v) is 5.37. The quantitative estimate of drug-likeness (QED) is 0.841. The van der Waals surface area contributed by atoms with Crippen molar-refractivity contribution in [2.45, 2.75) is 38.5 Å². The second-order valence-electron chi connectivity index (χ2n) is 6.74. The van der Waals surface area contributed by atoms with Crippen LogP contribution in [0.3, 0.4) is 0 Å². The van der Waals surface area contributed by atoms with Crippen molar-refractivity contribution in [1.29, 1.82) is 0 Å². The molecule has 3 atom stereocenters. The van der Waals surface area contributed by atoms with E-state index in [0.29, 0.717) is 18.5 Å². The molecular formula is C19H24N2O4. The van der Waals surface area contributed by atoms with Gasteiger partial charge in [-0.25, -0.2) is 4.79 Å². The molecule has 1 N–H and O–H groups in total. The Bertz CT molecular complexity index is 715. The molecule has 1 unspecified atom stereocenters. The first kappa shape index (κ1) is 17.5. The van der Waals surface area contributed by atoms with Crippen LogP contribution >= 0.6 is 0 Å². The van der Waals surface area contributed by atoms with Crippen molar-refractivity contribution in [3.8, 4) is 0 Å². The van der Waals surface area contributed by atoms with E-state index in [-0.39, 0.29) is 23.9 Å². The largest absolute Gasteiger partial charge is 0.469 e. The van der Waals surface area contributed by atoms with Crippen LogP contribution < -0.4 is 5.32 Å². The molecule has 6 heteroatoms. The first-order valence-corrected chi connectivity index (χ1v) is 8.38. The maximum atomic E-state index is 12.4. The van der Waals surface area contributed by atoms with E-state index in [1.807, 2.05) is 44.2 Å². The van der Waals surface area contributed by atoms with Crippen molar-refractivity contribution in [3.63, 3.8) is 0 Å². The van der Waals surface area contributed by atoms with Crippen LogP contribution in [0.25, 0.3) is 0 Å². The number of fused-ring (bicyclic) bond motifs is 2. The van der Waals surface area contributed by atoms with Crippen LogP contribution in [0.15, 0.2) is 41.6 Å². The highest BCUT2D eigenvalue weighted by molar-refractivity contribution is 5.91. The molecule has 1 saturated heterocycles. The molecule has 2 aliphatic heterocycles. The molecule has 0 radical (unpaired) electrons. The number of rotatable bonds is 4. The van der Waals surface area contributed by atoms with Crippen molar-refractivity contribution >= 4 is 11.9 Å². The van der Waals surface area contributed by atoms with Crippen molar-refractivity contribution in [1.82, 2.24) is 10.2 Å². The molecule has 2 heterocycles. The Morgan fingerprint density at radius 2 is 1.92 bits per heavy atom. The molecule has 3 rings (SSSR count). The first-order valence-electron chi connectivity index (χ1n) is 8.38. The lowest BCUT2D eigenvalue weighted by molar-refractivity contribution is -0.149. The highest BCUT2D eigenvalue weighted by atomic mass is 16.5. The van der Waals surface area contributed by atoms with Crippen LogP contribution in [-0.4, -0.2) is 42.8 Å². The predicted molar refractivity (Wildman–Crippen MR) is 92.2 cm³/mol. The fourth-order valence-electron chi connectivity index (χ4n) is 4.15. The summed E-state index contributed by atoms with van der Waals surface area (Å²) >= 11 is 0. The molecule has 25 heavy (non-hydrogen) atoms. The number of carbonyl (C=O) groups excluding carboxylic acids is 2. The fraction of sp³-hybridized carbons (Fsp3) is 0.474. The summed E-state index contributed by atoms with van der Waals surface area (Å²) in [7, 11) is 2.78. The molecule has 1 aromatic rings. The molecular weight excluding hydrogens is 320 g/mol. The lowest BCUT2D eigenvalue weighted by Gasteiger charge is -2.46. The molecule has 134 valence electrons. The second-order valence-corrected chi connectivity index (χ2v) is 6.74. The zero-order valence-electron chi connectivity index (χ0n) is 15.0. The number of carbonyl (C=O) groups is 2. The van der Waals surface area contributed by atoms with Gasteiger partial charge in [0.15, 0.2) is 0 Å². The minimum Gasteiger partial charge on any atom is -0.469 e. The Balaban J connectivity index is 2.03. The third-order valence-electron chi connectivity index (χ3n) is 5.37. The monoisotopic (exact) mass is 344 g/mol. The number of esters is 2. The van der Waals surface area contributed by atoms with E-state index < -0.39 is 5.66 Å². The van der Waals surface area contributed by atoms with E-state index >= 15 is 0 Å². The van der Waals surface area contributed by atoms with Crippen molar-refractivity contribution in [2.24, 2.45) is 5.92 Å². The molecule has 0 spiro atoms. The lowest BCUT2D eigenvalue weighted by atomic mass is 9.94. The van der Waals surface area contributed by atoms with Gasteiger partial charge in [0, 0.05) is 18.3 Å². The highest BCUT2D eigenvalue weighted by Gasteiger charge is 2.58. The van der Waals surface area contributed by atoms with E-state index in [0.717, 1.165) is 11.3 Å². The number of nitrogens with one attached hydrogen (secondary N) is 1. The molecule has 2 bridgehead atoms. The SMILES string of the molecule is COC(=O)C1=C(C)NC2(C)[C@@H](C(=O)OC)C[C@@H]1N2Cc1ccccc1. The van der Waals surface area contributed by atoms with Gasteiger partial charge in [-0.3, -0.25) is 9.69 Å². The van der Waals surface area contributed by atoms with Crippen molar-refractivity contribution in [3.05, 3.63) is 47.2 Å². The molecule has 0 aliphatic carbocycles. The molecule has 1 fully saturated rings. The Labute approximate surface area is 147 Å². The van der Waals surface area contributed by atoms with Gasteiger partial charge >= 0.3 is 11.9 Å². The minimum absolute atomic E-state index is 0.192. The first-order chi connectivity index (χ1) is 11.9. The standard InChI is InChI=1S/C19H24N2O4/c1-12-16(18(23)25-4)15-10-14(17(22)24-3)19(2,20-12)21(15)11-13-8-6-5-7-9-13/h5-9,14-15,20H,10-11H2,1-4H3/t14-,15+,19?/m1/s1. The van der Waals surface area contributed by atoms with Crippen LogP contribution in [0.5, 0.6) is 0 Å². The van der Waals surface area contributed by atoms with Crippen LogP contribution in [0.2, 0.25) is 0 Å². The van der Waals surface area contributed by atoms with Gasteiger partial charge in [0.2, 0.25) is 0 Å². The number of nitrogens with zero attached hydrogens (tertiary/aromatic N) is 1. The zero-order valence-corrected chi connectivity index (χ0v) is 15.0. The molecule has 1 aromatic carbocycles. The lowest BCUT2D eigenvalue weighted by Crippen LogP contribution is -2.62. The average molecular weight is 344 g/mol. The van der Waals surface area contributed by atoms with Gasteiger partial charge in [-0.05, 0) is 25.8 Å². The van der Waals surface area contributed by atoms with Gasteiger partial charge in [-0.2, -0.15) is 0 Å². The van der Waals surface area contributed by atoms with E-state index in [2.05, 4.69) is 10.2 Å².